The number of anilines is 1. The highest BCUT2D eigenvalue weighted by molar-refractivity contribution is 8.19. The third kappa shape index (κ3) is 4.84. The summed E-state index contributed by atoms with van der Waals surface area (Å²) >= 11 is 1.45. The Hall–Kier alpha value is -3.11. The molecule has 0 atom stereocenters. The summed E-state index contributed by atoms with van der Waals surface area (Å²) in [6.07, 6.45) is 3.87. The van der Waals surface area contributed by atoms with Gasteiger partial charge in [0.2, 0.25) is 0 Å². The standard InChI is InChI=1S/C25H22N2OS/c28-24-23(19-21-13-6-2-7-14-21)29-25(27(24)22-16-8-3-9-17-22)26-18-10-15-20-11-4-1-5-12-20/h1-9,11-14,16-17,19H,10,15,18H2/b23-19-,26-25-. The fourth-order valence-electron chi connectivity index (χ4n) is 3.19. The van der Waals surface area contributed by atoms with E-state index in [4.69, 9.17) is 4.99 Å². The molecule has 1 amide bonds. The minimum Gasteiger partial charge on any atom is -0.268 e. The molecule has 0 aromatic heterocycles. The van der Waals surface area contributed by atoms with Gasteiger partial charge in [0.15, 0.2) is 5.17 Å². The van der Waals surface area contributed by atoms with Crippen molar-refractivity contribution >= 4 is 34.6 Å². The maximum absolute atomic E-state index is 13.1. The van der Waals surface area contributed by atoms with Crippen molar-refractivity contribution in [3.05, 3.63) is 107 Å². The Balaban J connectivity index is 1.54. The van der Waals surface area contributed by atoms with E-state index in [1.54, 1.807) is 4.90 Å². The van der Waals surface area contributed by atoms with Gasteiger partial charge in [0.25, 0.3) is 5.91 Å². The van der Waals surface area contributed by atoms with Gasteiger partial charge < -0.3 is 0 Å². The van der Waals surface area contributed by atoms with Crippen molar-refractivity contribution in [2.45, 2.75) is 12.8 Å². The Labute approximate surface area is 175 Å². The summed E-state index contributed by atoms with van der Waals surface area (Å²) in [5.74, 6) is -0.0214. The Morgan fingerprint density at radius 2 is 1.45 bits per heavy atom. The number of para-hydroxylation sites is 1. The molecule has 0 bridgehead atoms. The van der Waals surface area contributed by atoms with Gasteiger partial charge in [-0.25, -0.2) is 0 Å². The van der Waals surface area contributed by atoms with Crippen molar-refractivity contribution < 1.29 is 4.79 Å². The second-order valence-corrected chi connectivity index (χ2v) is 7.76. The minimum absolute atomic E-state index is 0.0214. The van der Waals surface area contributed by atoms with Crippen LogP contribution in [-0.4, -0.2) is 17.6 Å². The number of amidine groups is 1. The van der Waals surface area contributed by atoms with Crippen molar-refractivity contribution in [3.8, 4) is 0 Å². The topological polar surface area (TPSA) is 32.7 Å². The summed E-state index contributed by atoms with van der Waals surface area (Å²) in [6, 6.07) is 30.1. The predicted molar refractivity (Wildman–Crippen MR) is 123 cm³/mol. The SMILES string of the molecule is O=C1/C(=C/c2ccccc2)S/C(=N\CCCc2ccccc2)N1c1ccccc1. The van der Waals surface area contributed by atoms with Gasteiger partial charge in [0, 0.05) is 6.54 Å². The monoisotopic (exact) mass is 398 g/mol. The van der Waals surface area contributed by atoms with Crippen LogP contribution in [-0.2, 0) is 11.2 Å². The highest BCUT2D eigenvalue weighted by Crippen LogP contribution is 2.35. The van der Waals surface area contributed by atoms with Crippen molar-refractivity contribution in [1.29, 1.82) is 0 Å². The molecule has 29 heavy (non-hydrogen) atoms. The van der Waals surface area contributed by atoms with Gasteiger partial charge in [0.1, 0.15) is 0 Å². The number of rotatable bonds is 6. The van der Waals surface area contributed by atoms with Gasteiger partial charge in [0.05, 0.1) is 10.6 Å². The lowest BCUT2D eigenvalue weighted by Gasteiger charge is -2.15. The van der Waals surface area contributed by atoms with E-state index >= 15 is 0 Å². The lowest BCUT2D eigenvalue weighted by Crippen LogP contribution is -2.29. The third-order valence-electron chi connectivity index (χ3n) is 4.63. The van der Waals surface area contributed by atoms with Crippen LogP contribution in [0.25, 0.3) is 6.08 Å². The smallest absolute Gasteiger partial charge is 0.268 e. The molecule has 4 rings (SSSR count). The average Bonchev–Trinajstić information content (AvgIpc) is 3.08. The molecule has 1 heterocycles. The molecule has 1 saturated heterocycles. The summed E-state index contributed by atoms with van der Waals surface area (Å²) in [7, 11) is 0. The summed E-state index contributed by atoms with van der Waals surface area (Å²) in [5, 5.41) is 0.747. The zero-order valence-electron chi connectivity index (χ0n) is 16.1. The lowest BCUT2D eigenvalue weighted by molar-refractivity contribution is -0.113. The molecule has 3 aromatic rings. The zero-order chi connectivity index (χ0) is 19.9. The van der Waals surface area contributed by atoms with E-state index in [1.165, 1.54) is 17.3 Å². The Kier molecular flexibility index (Phi) is 6.22. The largest absolute Gasteiger partial charge is 0.271 e. The molecule has 0 spiro atoms. The fraction of sp³-hybridized carbons (Fsp3) is 0.120. The van der Waals surface area contributed by atoms with Crippen LogP contribution in [0.1, 0.15) is 17.5 Å². The highest BCUT2D eigenvalue weighted by atomic mass is 32.2. The number of carbonyl (C=O) groups is 1. The average molecular weight is 399 g/mol. The Morgan fingerprint density at radius 3 is 2.14 bits per heavy atom. The molecule has 1 aliphatic rings. The van der Waals surface area contributed by atoms with Gasteiger partial charge in [-0.2, -0.15) is 0 Å². The van der Waals surface area contributed by atoms with E-state index in [1.807, 2.05) is 72.8 Å². The number of aryl methyl sites for hydroxylation is 1. The first-order chi connectivity index (χ1) is 14.3. The molecule has 0 saturated carbocycles. The molecule has 0 aliphatic carbocycles. The number of carbonyl (C=O) groups excluding carboxylic acids is 1. The normalized spacial score (nSPS) is 16.7. The summed E-state index contributed by atoms with van der Waals surface area (Å²) < 4.78 is 0. The van der Waals surface area contributed by atoms with Crippen LogP contribution in [0.15, 0.2) is 101 Å². The Bertz CT molecular complexity index is 1010. The van der Waals surface area contributed by atoms with Crippen LogP contribution < -0.4 is 4.90 Å². The summed E-state index contributed by atoms with van der Waals surface area (Å²) in [6.45, 7) is 0.687. The fourth-order valence-corrected chi connectivity index (χ4v) is 4.19. The van der Waals surface area contributed by atoms with Gasteiger partial charge in [-0.15, -0.1) is 0 Å². The number of hydrogen-bond donors (Lipinski definition) is 0. The number of thioether (sulfide) groups is 1. The third-order valence-corrected chi connectivity index (χ3v) is 5.64. The van der Waals surface area contributed by atoms with Crippen LogP contribution in [0.3, 0.4) is 0 Å². The lowest BCUT2D eigenvalue weighted by atomic mass is 10.1. The van der Waals surface area contributed by atoms with E-state index in [2.05, 4.69) is 24.3 Å². The summed E-state index contributed by atoms with van der Waals surface area (Å²) in [4.78, 5) is 20.3. The second-order valence-electron chi connectivity index (χ2n) is 6.75. The molecule has 0 N–H and O–H groups in total. The molecule has 4 heteroatoms. The van der Waals surface area contributed by atoms with Gasteiger partial charge in [-0.1, -0.05) is 78.9 Å². The van der Waals surface area contributed by atoms with E-state index in [0.29, 0.717) is 11.4 Å². The molecule has 144 valence electrons. The van der Waals surface area contributed by atoms with Crippen LogP contribution in [0.5, 0.6) is 0 Å². The predicted octanol–water partition coefficient (Wildman–Crippen LogP) is 5.80. The number of aliphatic imine (C=N–C) groups is 1. The maximum Gasteiger partial charge on any atom is 0.271 e. The molecule has 0 unspecified atom stereocenters. The van der Waals surface area contributed by atoms with Crippen LogP contribution in [0.2, 0.25) is 0 Å². The minimum atomic E-state index is -0.0214. The summed E-state index contributed by atoms with van der Waals surface area (Å²) in [5.41, 5.74) is 3.18. The van der Waals surface area contributed by atoms with Crippen LogP contribution >= 0.6 is 11.8 Å². The van der Waals surface area contributed by atoms with Crippen molar-refractivity contribution in [3.63, 3.8) is 0 Å². The molecule has 3 nitrogen and oxygen atoms in total. The van der Waals surface area contributed by atoms with Gasteiger partial charge in [-0.05, 0) is 53.9 Å². The highest BCUT2D eigenvalue weighted by Gasteiger charge is 2.34. The van der Waals surface area contributed by atoms with E-state index in [-0.39, 0.29) is 5.91 Å². The first-order valence-electron chi connectivity index (χ1n) is 9.74. The molecular weight excluding hydrogens is 376 g/mol. The Morgan fingerprint density at radius 1 is 0.828 bits per heavy atom. The van der Waals surface area contributed by atoms with Gasteiger partial charge >= 0.3 is 0 Å². The quantitative estimate of drug-likeness (QED) is 0.388. The first-order valence-corrected chi connectivity index (χ1v) is 10.6. The van der Waals surface area contributed by atoms with Gasteiger partial charge in [-0.3, -0.25) is 14.7 Å². The molecule has 0 radical (unpaired) electrons. The number of nitrogens with zero attached hydrogens (tertiary/aromatic N) is 2. The second kappa shape index (κ2) is 9.39. The van der Waals surface area contributed by atoms with Crippen LogP contribution in [0, 0.1) is 0 Å². The number of benzene rings is 3. The van der Waals surface area contributed by atoms with E-state index < -0.39 is 0 Å². The maximum atomic E-state index is 13.1. The van der Waals surface area contributed by atoms with Crippen molar-refractivity contribution in [1.82, 2.24) is 0 Å². The first kappa shape index (κ1) is 19.2. The van der Waals surface area contributed by atoms with Crippen molar-refractivity contribution in [2.24, 2.45) is 4.99 Å². The molecule has 1 aliphatic heterocycles. The van der Waals surface area contributed by atoms with E-state index in [9.17, 15) is 4.79 Å². The van der Waals surface area contributed by atoms with E-state index in [0.717, 1.165) is 29.3 Å². The molecule has 3 aromatic carbocycles. The van der Waals surface area contributed by atoms with Crippen LogP contribution in [0.4, 0.5) is 5.69 Å². The number of hydrogen-bond acceptors (Lipinski definition) is 3. The molecular formula is C25H22N2OS. The number of amides is 1. The zero-order valence-corrected chi connectivity index (χ0v) is 16.9. The van der Waals surface area contributed by atoms with Crippen molar-refractivity contribution in [2.75, 3.05) is 11.4 Å². The molecule has 1 fully saturated rings.